The van der Waals surface area contributed by atoms with Crippen molar-refractivity contribution in [2.45, 2.75) is 25.8 Å². The fourth-order valence-electron chi connectivity index (χ4n) is 2.03. The number of aromatic nitrogens is 1. The smallest absolute Gasteiger partial charge is 0.223 e. The van der Waals surface area contributed by atoms with Crippen molar-refractivity contribution in [3.05, 3.63) is 40.3 Å². The van der Waals surface area contributed by atoms with E-state index in [-0.39, 0.29) is 11.9 Å². The molecule has 7 heteroatoms. The summed E-state index contributed by atoms with van der Waals surface area (Å²) in [5.74, 6) is 1.05. The Labute approximate surface area is 145 Å². The molecule has 0 radical (unpaired) electrons. The second-order valence-corrected chi connectivity index (χ2v) is 6.18. The van der Waals surface area contributed by atoms with Crippen LogP contribution in [0.5, 0.6) is 0 Å². The van der Waals surface area contributed by atoms with Crippen LogP contribution in [-0.4, -0.2) is 35.4 Å². The van der Waals surface area contributed by atoms with Crippen molar-refractivity contribution in [1.29, 1.82) is 0 Å². The molecular weight excluding hydrogens is 337 g/mol. The summed E-state index contributed by atoms with van der Waals surface area (Å²) >= 11 is 12.0. The molecule has 0 saturated heterocycles. The maximum atomic E-state index is 12.1. The van der Waals surface area contributed by atoms with Crippen LogP contribution in [0.3, 0.4) is 0 Å². The number of oxazole rings is 1. The Balaban J connectivity index is 2.01. The fraction of sp³-hybridized carbons (Fsp3) is 0.375. The van der Waals surface area contributed by atoms with E-state index in [4.69, 9.17) is 33.4 Å². The fourth-order valence-corrected chi connectivity index (χ4v) is 2.54. The van der Waals surface area contributed by atoms with Gasteiger partial charge < -0.3 is 15.1 Å². The summed E-state index contributed by atoms with van der Waals surface area (Å²) in [5, 5.41) is 1.05. The highest BCUT2D eigenvalue weighted by Crippen LogP contribution is 2.30. The standard InChI is InChI=1S/C16H19Cl2N3O2/c1-10(8-19)21(2)16(22)6-5-15-20-9-14(23-15)12-4-3-11(17)7-13(12)18/h3-4,7,9-10H,5-6,8,19H2,1-2H3. The highest BCUT2D eigenvalue weighted by atomic mass is 35.5. The van der Waals surface area contributed by atoms with Crippen LogP contribution >= 0.6 is 23.2 Å². The Morgan fingerprint density at radius 3 is 2.83 bits per heavy atom. The van der Waals surface area contributed by atoms with Gasteiger partial charge in [-0.25, -0.2) is 4.98 Å². The monoisotopic (exact) mass is 355 g/mol. The molecule has 0 bridgehead atoms. The zero-order valence-corrected chi connectivity index (χ0v) is 14.6. The van der Waals surface area contributed by atoms with Crippen LogP contribution in [0.25, 0.3) is 11.3 Å². The predicted molar refractivity (Wildman–Crippen MR) is 91.6 cm³/mol. The first-order chi connectivity index (χ1) is 10.9. The number of hydrogen-bond donors (Lipinski definition) is 1. The van der Waals surface area contributed by atoms with Gasteiger partial charge in [-0.15, -0.1) is 0 Å². The molecule has 1 amide bonds. The van der Waals surface area contributed by atoms with Gasteiger partial charge in [0, 0.05) is 43.1 Å². The summed E-state index contributed by atoms with van der Waals surface area (Å²) in [6.45, 7) is 2.34. The second kappa shape index (κ2) is 7.81. The number of carbonyl (C=O) groups excluding carboxylic acids is 1. The molecule has 0 aliphatic carbocycles. The van der Waals surface area contributed by atoms with E-state index in [1.807, 2.05) is 6.92 Å². The minimum Gasteiger partial charge on any atom is -0.441 e. The lowest BCUT2D eigenvalue weighted by Gasteiger charge is -2.23. The lowest BCUT2D eigenvalue weighted by molar-refractivity contribution is -0.131. The van der Waals surface area contributed by atoms with Crippen LogP contribution in [0.2, 0.25) is 10.0 Å². The van der Waals surface area contributed by atoms with Crippen LogP contribution < -0.4 is 5.73 Å². The number of hydrogen-bond acceptors (Lipinski definition) is 4. The van der Waals surface area contributed by atoms with E-state index < -0.39 is 0 Å². The molecule has 5 nitrogen and oxygen atoms in total. The normalized spacial score (nSPS) is 12.2. The van der Waals surface area contributed by atoms with Gasteiger partial charge in [0.1, 0.15) is 0 Å². The molecule has 0 fully saturated rings. The van der Waals surface area contributed by atoms with Crippen LogP contribution in [0.4, 0.5) is 0 Å². The third kappa shape index (κ3) is 4.47. The van der Waals surface area contributed by atoms with E-state index in [1.165, 1.54) is 0 Å². The van der Waals surface area contributed by atoms with Gasteiger partial charge in [-0.2, -0.15) is 0 Å². The third-order valence-corrected chi connectivity index (χ3v) is 4.25. The molecule has 23 heavy (non-hydrogen) atoms. The molecule has 2 aromatic rings. The van der Waals surface area contributed by atoms with E-state index in [2.05, 4.69) is 4.98 Å². The molecule has 124 valence electrons. The Bertz CT molecular complexity index is 688. The highest BCUT2D eigenvalue weighted by molar-refractivity contribution is 6.36. The molecule has 0 aliphatic rings. The van der Waals surface area contributed by atoms with Gasteiger partial charge in [0.15, 0.2) is 11.7 Å². The average molecular weight is 356 g/mol. The molecule has 0 aliphatic heterocycles. The summed E-state index contributed by atoms with van der Waals surface area (Å²) in [6, 6.07) is 5.16. The Morgan fingerprint density at radius 2 is 2.17 bits per heavy atom. The second-order valence-electron chi connectivity index (χ2n) is 5.33. The van der Waals surface area contributed by atoms with E-state index in [0.717, 1.165) is 5.56 Å². The number of amides is 1. The van der Waals surface area contributed by atoms with Gasteiger partial charge in [0.05, 0.1) is 11.2 Å². The van der Waals surface area contributed by atoms with Crippen molar-refractivity contribution < 1.29 is 9.21 Å². The molecular formula is C16H19Cl2N3O2. The number of nitrogens with two attached hydrogens (primary N) is 1. The number of benzene rings is 1. The van der Waals surface area contributed by atoms with Gasteiger partial charge in [-0.05, 0) is 25.1 Å². The summed E-state index contributed by atoms with van der Waals surface area (Å²) < 4.78 is 5.67. The zero-order valence-electron chi connectivity index (χ0n) is 13.1. The number of carbonyl (C=O) groups is 1. The average Bonchev–Trinajstić information content (AvgIpc) is 2.99. The van der Waals surface area contributed by atoms with Gasteiger partial charge in [-0.1, -0.05) is 23.2 Å². The third-order valence-electron chi connectivity index (χ3n) is 3.70. The van der Waals surface area contributed by atoms with Crippen LogP contribution in [0.1, 0.15) is 19.2 Å². The molecule has 2 N–H and O–H groups in total. The first kappa shape index (κ1) is 17.8. The van der Waals surface area contributed by atoms with Crippen molar-refractivity contribution in [2.75, 3.05) is 13.6 Å². The quantitative estimate of drug-likeness (QED) is 0.861. The van der Waals surface area contributed by atoms with Gasteiger partial charge >= 0.3 is 0 Å². The number of aryl methyl sites for hydroxylation is 1. The molecule has 1 aromatic carbocycles. The molecule has 2 rings (SSSR count). The van der Waals surface area contributed by atoms with Crippen LogP contribution in [0, 0.1) is 0 Å². The largest absolute Gasteiger partial charge is 0.441 e. The Kier molecular flexibility index (Phi) is 6.04. The van der Waals surface area contributed by atoms with E-state index >= 15 is 0 Å². The Hall–Kier alpha value is -1.56. The first-order valence-electron chi connectivity index (χ1n) is 7.28. The number of rotatable bonds is 6. The zero-order chi connectivity index (χ0) is 17.0. The lowest BCUT2D eigenvalue weighted by atomic mass is 10.2. The van der Waals surface area contributed by atoms with Crippen molar-refractivity contribution >= 4 is 29.1 Å². The molecule has 0 spiro atoms. The molecule has 1 unspecified atom stereocenters. The number of nitrogens with zero attached hydrogens (tertiary/aromatic N) is 2. The first-order valence-corrected chi connectivity index (χ1v) is 8.03. The summed E-state index contributed by atoms with van der Waals surface area (Å²) in [6.07, 6.45) is 2.34. The van der Waals surface area contributed by atoms with Crippen LogP contribution in [0.15, 0.2) is 28.8 Å². The molecule has 0 saturated carbocycles. The Morgan fingerprint density at radius 1 is 1.43 bits per heavy atom. The maximum Gasteiger partial charge on any atom is 0.223 e. The molecule has 1 aromatic heterocycles. The summed E-state index contributed by atoms with van der Waals surface area (Å²) in [4.78, 5) is 17.9. The minimum atomic E-state index is 0.00669. The maximum absolute atomic E-state index is 12.1. The highest BCUT2D eigenvalue weighted by Gasteiger charge is 2.16. The van der Waals surface area contributed by atoms with Gasteiger partial charge in [-0.3, -0.25) is 4.79 Å². The summed E-state index contributed by atoms with van der Waals surface area (Å²) in [7, 11) is 1.74. The van der Waals surface area contributed by atoms with Gasteiger partial charge in [0.2, 0.25) is 5.91 Å². The van der Waals surface area contributed by atoms with E-state index in [1.54, 1.807) is 36.3 Å². The topological polar surface area (TPSA) is 72.4 Å². The molecule has 1 atom stereocenters. The minimum absolute atomic E-state index is 0.00669. The number of halogens is 2. The summed E-state index contributed by atoms with van der Waals surface area (Å²) in [5.41, 5.74) is 6.28. The van der Waals surface area contributed by atoms with Crippen molar-refractivity contribution in [3.8, 4) is 11.3 Å². The SMILES string of the molecule is CC(CN)N(C)C(=O)CCc1ncc(-c2ccc(Cl)cc2Cl)o1. The number of likely N-dealkylation sites (N-methyl/N-ethyl adjacent to an activating group) is 1. The lowest BCUT2D eigenvalue weighted by Crippen LogP contribution is -2.39. The van der Waals surface area contributed by atoms with Crippen molar-refractivity contribution in [3.63, 3.8) is 0 Å². The molecule has 1 heterocycles. The van der Waals surface area contributed by atoms with Gasteiger partial charge in [0.25, 0.3) is 0 Å². The van der Waals surface area contributed by atoms with E-state index in [9.17, 15) is 4.79 Å². The van der Waals surface area contributed by atoms with Crippen molar-refractivity contribution in [2.24, 2.45) is 5.73 Å². The predicted octanol–water partition coefficient (Wildman–Crippen LogP) is 3.39. The van der Waals surface area contributed by atoms with Crippen LogP contribution in [-0.2, 0) is 11.2 Å². The van der Waals surface area contributed by atoms with E-state index in [0.29, 0.717) is 41.1 Å². The van der Waals surface area contributed by atoms with Crippen molar-refractivity contribution in [1.82, 2.24) is 9.88 Å².